The van der Waals surface area contributed by atoms with Gasteiger partial charge in [0.05, 0.1) is 13.1 Å². The summed E-state index contributed by atoms with van der Waals surface area (Å²) in [6.07, 6.45) is 3.11. The fourth-order valence-corrected chi connectivity index (χ4v) is 1.22. The molecular weight excluding hydrogens is 196 g/mol. The van der Waals surface area contributed by atoms with Crippen LogP contribution in [-0.4, -0.2) is 43.8 Å². The second-order valence-electron chi connectivity index (χ2n) is 3.15. The minimum atomic E-state index is -0.862. The maximum atomic E-state index is 10.6. The van der Waals surface area contributed by atoms with Gasteiger partial charge in [0, 0.05) is 13.6 Å². The van der Waals surface area contributed by atoms with E-state index in [1.807, 2.05) is 0 Å². The quantitative estimate of drug-likeness (QED) is 0.663. The summed E-state index contributed by atoms with van der Waals surface area (Å²) in [6, 6.07) is 0. The topological polar surface area (TPSA) is 71.2 Å². The van der Waals surface area contributed by atoms with E-state index < -0.39 is 5.97 Å². The first-order chi connectivity index (χ1) is 7.13. The van der Waals surface area contributed by atoms with Crippen molar-refractivity contribution in [3.63, 3.8) is 0 Å². The number of hydrogen-bond donors (Lipinski definition) is 1. The van der Waals surface area contributed by atoms with E-state index in [4.69, 9.17) is 5.11 Å². The molecule has 0 saturated heterocycles. The molecule has 0 radical (unpaired) electrons. The Balaban J connectivity index is 2.61. The summed E-state index contributed by atoms with van der Waals surface area (Å²) in [4.78, 5) is 16.3. The first-order valence-corrected chi connectivity index (χ1v) is 4.51. The average Bonchev–Trinajstić information content (AvgIpc) is 2.51. The predicted molar refractivity (Wildman–Crippen MR) is 54.1 cm³/mol. The van der Waals surface area contributed by atoms with Gasteiger partial charge >= 0.3 is 5.97 Å². The Bertz CT molecular complexity index is 348. The lowest BCUT2D eigenvalue weighted by molar-refractivity contribution is -0.138. The van der Waals surface area contributed by atoms with Gasteiger partial charge in [-0.05, 0) is 0 Å². The van der Waals surface area contributed by atoms with Gasteiger partial charge in [0.1, 0.15) is 12.2 Å². The molecule has 1 rings (SSSR count). The van der Waals surface area contributed by atoms with Crippen LogP contribution in [0.2, 0.25) is 0 Å². The van der Waals surface area contributed by atoms with E-state index in [-0.39, 0.29) is 6.54 Å². The van der Waals surface area contributed by atoms with E-state index in [0.717, 1.165) is 5.82 Å². The smallest absolute Gasteiger partial charge is 0.317 e. The molecule has 1 N–H and O–H groups in total. The maximum Gasteiger partial charge on any atom is 0.317 e. The van der Waals surface area contributed by atoms with Gasteiger partial charge in [0.2, 0.25) is 0 Å². The van der Waals surface area contributed by atoms with Crippen LogP contribution in [0.15, 0.2) is 19.0 Å². The highest BCUT2D eigenvalue weighted by molar-refractivity contribution is 5.69. The number of hydrogen-bond acceptors (Lipinski definition) is 4. The lowest BCUT2D eigenvalue weighted by Crippen LogP contribution is -2.30. The molecule has 0 aliphatic heterocycles. The van der Waals surface area contributed by atoms with Gasteiger partial charge in [-0.25, -0.2) is 4.98 Å². The Morgan fingerprint density at radius 2 is 2.53 bits per heavy atom. The second kappa shape index (κ2) is 5.26. The number of carbonyl (C=O) groups is 1. The molecule has 0 atom stereocenters. The van der Waals surface area contributed by atoms with Crippen molar-refractivity contribution in [1.29, 1.82) is 0 Å². The van der Waals surface area contributed by atoms with Crippen molar-refractivity contribution in [3.8, 4) is 0 Å². The van der Waals surface area contributed by atoms with Gasteiger partial charge in [0.25, 0.3) is 0 Å². The monoisotopic (exact) mass is 210 g/mol. The highest BCUT2D eigenvalue weighted by atomic mass is 16.4. The average molecular weight is 210 g/mol. The third kappa shape index (κ3) is 3.51. The summed E-state index contributed by atoms with van der Waals surface area (Å²) >= 11 is 0. The highest BCUT2D eigenvalue weighted by Crippen LogP contribution is 1.99. The molecule has 0 unspecified atom stereocenters. The van der Waals surface area contributed by atoms with Gasteiger partial charge in [-0.1, -0.05) is 6.08 Å². The number of carboxylic acid groups (broad SMARTS) is 1. The molecule has 0 bridgehead atoms. The summed E-state index contributed by atoms with van der Waals surface area (Å²) in [7, 11) is 1.77. The molecule has 1 aromatic heterocycles. The fourth-order valence-electron chi connectivity index (χ4n) is 1.22. The van der Waals surface area contributed by atoms with Crippen molar-refractivity contribution < 1.29 is 9.90 Å². The van der Waals surface area contributed by atoms with E-state index in [9.17, 15) is 4.79 Å². The Kier molecular flexibility index (Phi) is 3.99. The van der Waals surface area contributed by atoms with E-state index in [1.165, 1.54) is 6.33 Å². The second-order valence-corrected chi connectivity index (χ2v) is 3.15. The number of aliphatic carboxylic acids is 1. The highest BCUT2D eigenvalue weighted by Gasteiger charge is 2.11. The summed E-state index contributed by atoms with van der Waals surface area (Å²) in [5.74, 6) is -0.128. The van der Waals surface area contributed by atoms with E-state index in [1.54, 1.807) is 22.7 Å². The van der Waals surface area contributed by atoms with Gasteiger partial charge in [-0.15, -0.1) is 6.58 Å². The number of aryl methyl sites for hydroxylation is 1. The first-order valence-electron chi connectivity index (χ1n) is 4.51. The molecule has 0 fully saturated rings. The third-order valence-electron chi connectivity index (χ3n) is 1.92. The van der Waals surface area contributed by atoms with Crippen molar-refractivity contribution in [2.45, 2.75) is 6.54 Å². The molecule has 1 heterocycles. The van der Waals surface area contributed by atoms with Gasteiger partial charge in [0.15, 0.2) is 0 Å². The van der Waals surface area contributed by atoms with Crippen molar-refractivity contribution in [2.24, 2.45) is 7.05 Å². The maximum absolute atomic E-state index is 10.6. The minimum Gasteiger partial charge on any atom is -0.480 e. The van der Waals surface area contributed by atoms with Gasteiger partial charge in [-0.3, -0.25) is 14.4 Å². The Hall–Kier alpha value is -1.69. The molecule has 0 spiro atoms. The largest absolute Gasteiger partial charge is 0.480 e. The van der Waals surface area contributed by atoms with Crippen LogP contribution in [0.4, 0.5) is 0 Å². The molecule has 0 aromatic carbocycles. The number of carboxylic acids is 1. The Morgan fingerprint density at radius 1 is 1.80 bits per heavy atom. The molecule has 6 heteroatoms. The van der Waals surface area contributed by atoms with Crippen LogP contribution in [0.1, 0.15) is 5.82 Å². The van der Waals surface area contributed by atoms with Crippen LogP contribution in [0.3, 0.4) is 0 Å². The van der Waals surface area contributed by atoms with Crippen molar-refractivity contribution in [3.05, 3.63) is 24.8 Å². The van der Waals surface area contributed by atoms with Crippen LogP contribution in [0.25, 0.3) is 0 Å². The number of aromatic nitrogens is 3. The standard InChI is InChI=1S/C9H14N4O2/c1-3-4-13(6-9(14)15)5-8-10-7-11-12(8)2/h3,7H,1,4-6H2,2H3,(H,14,15). The summed E-state index contributed by atoms with van der Waals surface area (Å²) < 4.78 is 1.62. The zero-order chi connectivity index (χ0) is 11.3. The number of nitrogens with zero attached hydrogens (tertiary/aromatic N) is 4. The normalized spacial score (nSPS) is 10.5. The van der Waals surface area contributed by atoms with Crippen LogP contribution < -0.4 is 0 Å². The molecule has 0 saturated carbocycles. The van der Waals surface area contributed by atoms with Crippen LogP contribution in [0.5, 0.6) is 0 Å². The lowest BCUT2D eigenvalue weighted by atomic mass is 10.4. The van der Waals surface area contributed by atoms with E-state index in [0.29, 0.717) is 13.1 Å². The van der Waals surface area contributed by atoms with Gasteiger partial charge < -0.3 is 5.11 Å². The van der Waals surface area contributed by atoms with Crippen LogP contribution in [0, 0.1) is 0 Å². The minimum absolute atomic E-state index is 0.0289. The fraction of sp³-hybridized carbons (Fsp3) is 0.444. The predicted octanol–water partition coefficient (Wildman–Crippen LogP) is -0.112. The lowest BCUT2D eigenvalue weighted by Gasteiger charge is -2.17. The zero-order valence-corrected chi connectivity index (χ0v) is 8.63. The first kappa shape index (κ1) is 11.4. The van der Waals surface area contributed by atoms with Crippen molar-refractivity contribution in [2.75, 3.05) is 13.1 Å². The zero-order valence-electron chi connectivity index (χ0n) is 8.63. The summed E-state index contributed by atoms with van der Waals surface area (Å²) in [6.45, 7) is 4.52. The molecular formula is C9H14N4O2. The van der Waals surface area contributed by atoms with Crippen LogP contribution >= 0.6 is 0 Å². The Labute approximate surface area is 87.8 Å². The molecule has 15 heavy (non-hydrogen) atoms. The third-order valence-corrected chi connectivity index (χ3v) is 1.92. The molecule has 0 aliphatic carbocycles. The van der Waals surface area contributed by atoms with E-state index in [2.05, 4.69) is 16.7 Å². The number of rotatable bonds is 6. The summed E-state index contributed by atoms with van der Waals surface area (Å²) in [5.41, 5.74) is 0. The SMILES string of the molecule is C=CCN(CC(=O)O)Cc1ncnn1C. The Morgan fingerprint density at radius 3 is 3.00 bits per heavy atom. The summed E-state index contributed by atoms with van der Waals surface area (Å²) in [5, 5.41) is 12.6. The van der Waals surface area contributed by atoms with Crippen LogP contribution in [-0.2, 0) is 18.4 Å². The molecule has 0 aliphatic rings. The molecule has 6 nitrogen and oxygen atoms in total. The van der Waals surface area contributed by atoms with Crippen molar-refractivity contribution in [1.82, 2.24) is 19.7 Å². The van der Waals surface area contributed by atoms with Crippen molar-refractivity contribution >= 4 is 5.97 Å². The molecule has 82 valence electrons. The van der Waals surface area contributed by atoms with Gasteiger partial charge in [-0.2, -0.15) is 5.10 Å². The van der Waals surface area contributed by atoms with E-state index >= 15 is 0 Å². The molecule has 0 amide bonds. The molecule has 1 aromatic rings.